The summed E-state index contributed by atoms with van der Waals surface area (Å²) in [6.45, 7) is 6.61. The Balaban J connectivity index is 1.93. The summed E-state index contributed by atoms with van der Waals surface area (Å²) in [5.74, 6) is 0. The molecule has 1 aliphatic rings. The summed E-state index contributed by atoms with van der Waals surface area (Å²) in [6.07, 6.45) is 3.30. The first kappa shape index (κ1) is 13.0. The third-order valence-corrected chi connectivity index (χ3v) is 3.79. The van der Waals surface area contributed by atoms with Crippen molar-refractivity contribution in [2.45, 2.75) is 32.7 Å². The normalized spacial score (nSPS) is 16.1. The van der Waals surface area contributed by atoms with Crippen LogP contribution in [-0.2, 0) is 6.42 Å². The predicted octanol–water partition coefficient (Wildman–Crippen LogP) is 4.88. The van der Waals surface area contributed by atoms with Gasteiger partial charge in [-0.3, -0.25) is 0 Å². The summed E-state index contributed by atoms with van der Waals surface area (Å²) < 4.78 is 0. The molecule has 0 spiro atoms. The molecular formula is C19H21N. The van der Waals surface area contributed by atoms with Crippen LogP contribution in [0.5, 0.6) is 0 Å². The number of allylic oxidation sites excluding steroid dienone is 1. The lowest BCUT2D eigenvalue weighted by atomic mass is 9.89. The van der Waals surface area contributed by atoms with E-state index in [4.69, 9.17) is 0 Å². The first-order chi connectivity index (χ1) is 9.53. The lowest BCUT2D eigenvalue weighted by molar-refractivity contribution is 0.707. The molecule has 0 saturated carbocycles. The Morgan fingerprint density at radius 3 is 2.45 bits per heavy atom. The summed E-state index contributed by atoms with van der Waals surface area (Å²) in [4.78, 5) is 0. The minimum Gasteiger partial charge on any atom is -0.376 e. The zero-order chi connectivity index (χ0) is 14.2. The lowest BCUT2D eigenvalue weighted by Crippen LogP contribution is -2.31. The van der Waals surface area contributed by atoms with Crippen LogP contribution in [-0.4, -0.2) is 5.54 Å². The van der Waals surface area contributed by atoms with Gasteiger partial charge in [-0.15, -0.1) is 0 Å². The van der Waals surface area contributed by atoms with E-state index >= 15 is 0 Å². The average Bonchev–Trinajstić information content (AvgIpc) is 2.40. The Kier molecular flexibility index (Phi) is 3.13. The fourth-order valence-corrected chi connectivity index (χ4v) is 2.97. The van der Waals surface area contributed by atoms with Gasteiger partial charge in [0.2, 0.25) is 0 Å². The van der Waals surface area contributed by atoms with Crippen molar-refractivity contribution in [1.82, 2.24) is 0 Å². The van der Waals surface area contributed by atoms with Crippen molar-refractivity contribution in [3.63, 3.8) is 0 Å². The van der Waals surface area contributed by atoms with E-state index in [1.165, 1.54) is 28.0 Å². The number of hydrogen-bond donors (Lipinski definition) is 1. The molecule has 0 bridgehead atoms. The Hall–Kier alpha value is -2.02. The highest BCUT2D eigenvalue weighted by molar-refractivity contribution is 5.80. The van der Waals surface area contributed by atoms with Gasteiger partial charge in [0.15, 0.2) is 0 Å². The van der Waals surface area contributed by atoms with Gasteiger partial charge in [0, 0.05) is 11.3 Å². The van der Waals surface area contributed by atoms with Crippen LogP contribution < -0.4 is 5.32 Å². The van der Waals surface area contributed by atoms with Crippen molar-refractivity contribution in [2.24, 2.45) is 0 Å². The highest BCUT2D eigenvalue weighted by atomic mass is 15.0. The number of rotatable bonds is 2. The second kappa shape index (κ2) is 4.82. The van der Waals surface area contributed by atoms with Gasteiger partial charge in [0.05, 0.1) is 5.54 Å². The van der Waals surface area contributed by atoms with Crippen LogP contribution in [0.25, 0.3) is 5.57 Å². The molecule has 0 amide bonds. The summed E-state index contributed by atoms with van der Waals surface area (Å²) in [5, 5.41) is 3.58. The minimum atomic E-state index is 0.0397. The molecule has 3 rings (SSSR count). The van der Waals surface area contributed by atoms with Gasteiger partial charge < -0.3 is 5.32 Å². The summed E-state index contributed by atoms with van der Waals surface area (Å²) >= 11 is 0. The van der Waals surface area contributed by atoms with E-state index in [9.17, 15) is 0 Å². The van der Waals surface area contributed by atoms with Crippen LogP contribution in [0.15, 0.2) is 54.6 Å². The van der Waals surface area contributed by atoms with Crippen molar-refractivity contribution in [2.75, 3.05) is 5.32 Å². The Labute approximate surface area is 121 Å². The van der Waals surface area contributed by atoms with Crippen LogP contribution in [0.3, 0.4) is 0 Å². The van der Waals surface area contributed by atoms with E-state index in [0.717, 1.165) is 6.42 Å². The van der Waals surface area contributed by atoms with Crippen LogP contribution >= 0.6 is 0 Å². The smallest absolute Gasteiger partial charge is 0.0505 e. The predicted molar refractivity (Wildman–Crippen MR) is 87.0 cm³/mol. The summed E-state index contributed by atoms with van der Waals surface area (Å²) in [7, 11) is 0. The van der Waals surface area contributed by atoms with Crippen molar-refractivity contribution in [3.05, 3.63) is 71.3 Å². The Morgan fingerprint density at radius 1 is 0.950 bits per heavy atom. The quantitative estimate of drug-likeness (QED) is 0.814. The molecule has 1 N–H and O–H groups in total. The second-order valence-corrected chi connectivity index (χ2v) is 6.22. The van der Waals surface area contributed by atoms with Gasteiger partial charge in [-0.25, -0.2) is 0 Å². The van der Waals surface area contributed by atoms with E-state index in [2.05, 4.69) is 80.7 Å². The standard InChI is InChI=1S/C19H21N/c1-14-13-19(2,3)20-18-10-9-16(12-17(14)18)11-15-7-5-4-6-8-15/h4-10,12-13,20H,11H2,1-3H3. The van der Waals surface area contributed by atoms with Gasteiger partial charge in [0.1, 0.15) is 0 Å². The largest absolute Gasteiger partial charge is 0.376 e. The molecule has 2 aromatic carbocycles. The zero-order valence-corrected chi connectivity index (χ0v) is 12.4. The molecule has 0 radical (unpaired) electrons. The lowest BCUT2D eigenvalue weighted by Gasteiger charge is -2.31. The second-order valence-electron chi connectivity index (χ2n) is 6.22. The third kappa shape index (κ3) is 2.62. The van der Waals surface area contributed by atoms with Crippen molar-refractivity contribution in [1.29, 1.82) is 0 Å². The number of benzene rings is 2. The number of nitrogens with one attached hydrogen (secondary N) is 1. The molecule has 1 heteroatoms. The first-order valence-electron chi connectivity index (χ1n) is 7.18. The number of anilines is 1. The number of hydrogen-bond acceptors (Lipinski definition) is 1. The fourth-order valence-electron chi connectivity index (χ4n) is 2.97. The van der Waals surface area contributed by atoms with Crippen LogP contribution in [0.1, 0.15) is 37.5 Å². The van der Waals surface area contributed by atoms with E-state index in [1.54, 1.807) is 0 Å². The minimum absolute atomic E-state index is 0.0397. The molecule has 0 aromatic heterocycles. The van der Waals surface area contributed by atoms with Crippen molar-refractivity contribution in [3.8, 4) is 0 Å². The maximum Gasteiger partial charge on any atom is 0.0505 e. The number of fused-ring (bicyclic) bond motifs is 1. The molecule has 2 aromatic rings. The fraction of sp³-hybridized carbons (Fsp3) is 0.263. The Bertz CT molecular complexity index is 651. The highest BCUT2D eigenvalue weighted by Gasteiger charge is 2.22. The highest BCUT2D eigenvalue weighted by Crippen LogP contribution is 2.34. The molecule has 102 valence electrons. The molecule has 0 atom stereocenters. The molecule has 1 nitrogen and oxygen atoms in total. The molecule has 0 unspecified atom stereocenters. The molecule has 0 aliphatic carbocycles. The maximum atomic E-state index is 3.58. The molecule has 1 aliphatic heterocycles. The van der Waals surface area contributed by atoms with Gasteiger partial charge in [0.25, 0.3) is 0 Å². The molecule has 0 saturated heterocycles. The van der Waals surface area contributed by atoms with Crippen LogP contribution in [0, 0.1) is 0 Å². The van der Waals surface area contributed by atoms with Crippen LogP contribution in [0.2, 0.25) is 0 Å². The Morgan fingerprint density at radius 2 is 1.70 bits per heavy atom. The average molecular weight is 263 g/mol. The van der Waals surface area contributed by atoms with Crippen molar-refractivity contribution >= 4 is 11.3 Å². The van der Waals surface area contributed by atoms with E-state index < -0.39 is 0 Å². The summed E-state index contributed by atoms with van der Waals surface area (Å²) in [5.41, 5.74) is 6.70. The van der Waals surface area contributed by atoms with E-state index in [0.29, 0.717) is 0 Å². The molecule has 0 fully saturated rings. The first-order valence-corrected chi connectivity index (χ1v) is 7.18. The maximum absolute atomic E-state index is 3.58. The molecule has 20 heavy (non-hydrogen) atoms. The topological polar surface area (TPSA) is 12.0 Å². The van der Waals surface area contributed by atoms with Crippen molar-refractivity contribution < 1.29 is 0 Å². The monoisotopic (exact) mass is 263 g/mol. The van der Waals surface area contributed by atoms with Gasteiger partial charge in [-0.1, -0.05) is 42.5 Å². The SMILES string of the molecule is CC1=CC(C)(C)Nc2ccc(Cc3ccccc3)cc21. The van der Waals surface area contributed by atoms with Gasteiger partial charge in [-0.05, 0) is 56.0 Å². The van der Waals surface area contributed by atoms with Gasteiger partial charge in [-0.2, -0.15) is 0 Å². The molecule has 1 heterocycles. The third-order valence-electron chi connectivity index (χ3n) is 3.79. The zero-order valence-electron chi connectivity index (χ0n) is 12.4. The van der Waals surface area contributed by atoms with E-state index in [1.807, 2.05) is 0 Å². The molecular weight excluding hydrogens is 242 g/mol. The van der Waals surface area contributed by atoms with E-state index in [-0.39, 0.29) is 5.54 Å². The van der Waals surface area contributed by atoms with Crippen LogP contribution in [0.4, 0.5) is 5.69 Å². The summed E-state index contributed by atoms with van der Waals surface area (Å²) in [6, 6.07) is 17.4. The van der Waals surface area contributed by atoms with Gasteiger partial charge >= 0.3 is 0 Å².